The molecule has 2 aromatic carbocycles. The number of alkyl halides is 3. The minimum atomic E-state index is -5.15. The number of aromatic nitrogens is 4. The number of ether oxygens (including phenoxy) is 1. The predicted molar refractivity (Wildman–Crippen MR) is 110 cm³/mol. The minimum Gasteiger partial charge on any atom is -0.418 e. The number of hydrogen-bond donors (Lipinski definition) is 1. The molecule has 0 aliphatic heterocycles. The molecule has 0 spiro atoms. The van der Waals surface area contributed by atoms with Crippen LogP contribution in [0.4, 0.5) is 17.6 Å². The topological polar surface area (TPSA) is 72.8 Å². The fraction of sp³-hybridized carbons (Fsp3) is 0.0952. The summed E-state index contributed by atoms with van der Waals surface area (Å²) in [5.41, 5.74) is 2.14. The van der Waals surface area contributed by atoms with Gasteiger partial charge in [-0.3, -0.25) is 0 Å². The van der Waals surface area contributed by atoms with Crippen LogP contribution in [0.3, 0.4) is 0 Å². The van der Waals surface area contributed by atoms with Crippen molar-refractivity contribution in [1.82, 2.24) is 19.5 Å². The summed E-state index contributed by atoms with van der Waals surface area (Å²) in [6, 6.07) is 6.97. The lowest BCUT2D eigenvalue weighted by atomic mass is 10.1. The zero-order valence-electron chi connectivity index (χ0n) is 16.2. The third kappa shape index (κ3) is 4.50. The van der Waals surface area contributed by atoms with Crippen molar-refractivity contribution in [1.29, 1.82) is 0 Å². The summed E-state index contributed by atoms with van der Waals surface area (Å²) in [5.74, 6) is -2.87. The fourth-order valence-electron chi connectivity index (χ4n) is 2.92. The highest BCUT2D eigenvalue weighted by atomic mass is 35.5. The van der Waals surface area contributed by atoms with Crippen LogP contribution in [0.25, 0.3) is 28.9 Å². The van der Waals surface area contributed by atoms with Crippen LogP contribution >= 0.6 is 11.6 Å². The van der Waals surface area contributed by atoms with Gasteiger partial charge in [0.15, 0.2) is 5.75 Å². The third-order valence-corrected chi connectivity index (χ3v) is 4.67. The molecular weight excluding hydrogens is 452 g/mol. The monoisotopic (exact) mass is 464 g/mol. The average Bonchev–Trinajstić information content (AvgIpc) is 3.32. The number of nitrogens with zero attached hydrogens (tertiary/aromatic N) is 3. The van der Waals surface area contributed by atoms with E-state index < -0.39 is 18.0 Å². The molecule has 0 aliphatic rings. The normalized spacial score (nSPS) is 12.1. The Balaban J connectivity index is 1.68. The number of hydrogen-bond acceptors (Lipinski definition) is 4. The first kappa shape index (κ1) is 21.6. The number of fused-ring (bicyclic) bond motifs is 1. The van der Waals surface area contributed by atoms with Gasteiger partial charge in [-0.15, -0.1) is 0 Å². The molecule has 11 heteroatoms. The number of halogens is 5. The summed E-state index contributed by atoms with van der Waals surface area (Å²) in [4.78, 5) is 22.6. The standard InChI is InChI=1S/C21H13ClF4N4O2/c1-11-9-30(10-27-11)17-4-2-12(6-18(17)32-20(31)21(24,25)26)3-5-19-28-15-7-13(22)14(23)8-16(15)29-19/h2-10H,1H3,(H,28,29). The van der Waals surface area contributed by atoms with Crippen molar-refractivity contribution in [2.75, 3.05) is 0 Å². The Labute approximate surface area is 183 Å². The number of esters is 1. The maximum Gasteiger partial charge on any atom is 0.491 e. The van der Waals surface area contributed by atoms with Crippen LogP contribution in [-0.2, 0) is 4.79 Å². The minimum absolute atomic E-state index is 0.0685. The number of carbonyl (C=O) groups excluding carboxylic acids is 1. The molecule has 2 aromatic heterocycles. The lowest BCUT2D eigenvalue weighted by Crippen LogP contribution is -2.28. The molecule has 4 rings (SSSR count). The lowest BCUT2D eigenvalue weighted by molar-refractivity contribution is -0.189. The number of rotatable bonds is 4. The Hall–Kier alpha value is -3.66. The fourth-order valence-corrected chi connectivity index (χ4v) is 3.08. The Morgan fingerprint density at radius 1 is 1.22 bits per heavy atom. The second-order valence-corrected chi connectivity index (χ2v) is 7.18. The first-order valence-electron chi connectivity index (χ1n) is 9.07. The van der Waals surface area contributed by atoms with Crippen LogP contribution in [-0.4, -0.2) is 31.7 Å². The van der Waals surface area contributed by atoms with Crippen LogP contribution in [0, 0.1) is 12.7 Å². The van der Waals surface area contributed by atoms with Crippen molar-refractivity contribution < 1.29 is 27.1 Å². The highest BCUT2D eigenvalue weighted by Crippen LogP contribution is 2.29. The summed E-state index contributed by atoms with van der Waals surface area (Å²) < 4.78 is 57.9. The van der Waals surface area contributed by atoms with Crippen molar-refractivity contribution in [3.05, 3.63) is 70.8 Å². The number of aryl methyl sites for hydroxylation is 1. The molecule has 0 saturated heterocycles. The number of benzene rings is 2. The van der Waals surface area contributed by atoms with Gasteiger partial charge in [-0.1, -0.05) is 23.7 Å². The predicted octanol–water partition coefficient (Wildman–Crippen LogP) is 5.49. The van der Waals surface area contributed by atoms with E-state index in [1.54, 1.807) is 25.3 Å². The second-order valence-electron chi connectivity index (χ2n) is 6.78. The highest BCUT2D eigenvalue weighted by molar-refractivity contribution is 6.31. The molecule has 0 amide bonds. The van der Waals surface area contributed by atoms with Crippen molar-refractivity contribution in [2.24, 2.45) is 0 Å². The zero-order chi connectivity index (χ0) is 23.0. The van der Waals surface area contributed by atoms with Crippen molar-refractivity contribution in [3.63, 3.8) is 0 Å². The molecule has 0 atom stereocenters. The number of carbonyl (C=O) groups is 1. The highest BCUT2D eigenvalue weighted by Gasteiger charge is 2.41. The van der Waals surface area contributed by atoms with Gasteiger partial charge in [0.25, 0.3) is 0 Å². The smallest absolute Gasteiger partial charge is 0.418 e. The molecule has 0 radical (unpaired) electrons. The summed E-state index contributed by atoms with van der Waals surface area (Å²) in [5, 5.41) is -0.0685. The summed E-state index contributed by atoms with van der Waals surface area (Å²) in [7, 11) is 0. The maximum absolute atomic E-state index is 13.6. The number of H-pyrrole nitrogens is 1. The van der Waals surface area contributed by atoms with Crippen LogP contribution in [0.15, 0.2) is 42.9 Å². The Morgan fingerprint density at radius 3 is 2.69 bits per heavy atom. The van der Waals surface area contributed by atoms with Crippen LogP contribution < -0.4 is 4.74 Å². The van der Waals surface area contributed by atoms with Gasteiger partial charge < -0.3 is 14.3 Å². The van der Waals surface area contributed by atoms with E-state index in [2.05, 4.69) is 19.7 Å². The lowest BCUT2D eigenvalue weighted by Gasteiger charge is -2.12. The molecule has 2 heterocycles. The largest absolute Gasteiger partial charge is 0.491 e. The molecule has 0 fully saturated rings. The summed E-state index contributed by atoms with van der Waals surface area (Å²) >= 11 is 5.75. The van der Waals surface area contributed by atoms with E-state index in [1.807, 2.05) is 0 Å². The van der Waals surface area contributed by atoms with E-state index in [4.69, 9.17) is 11.6 Å². The summed E-state index contributed by atoms with van der Waals surface area (Å²) in [6.07, 6.45) is 0.901. The van der Waals surface area contributed by atoms with Crippen LogP contribution in [0.5, 0.6) is 5.75 Å². The molecule has 164 valence electrons. The zero-order valence-corrected chi connectivity index (χ0v) is 17.0. The first-order valence-corrected chi connectivity index (χ1v) is 9.45. The van der Waals surface area contributed by atoms with E-state index in [9.17, 15) is 22.4 Å². The molecule has 32 heavy (non-hydrogen) atoms. The van der Waals surface area contributed by atoms with Gasteiger partial charge in [0.2, 0.25) is 0 Å². The quantitative estimate of drug-likeness (QED) is 0.246. The molecule has 1 N–H and O–H groups in total. The van der Waals surface area contributed by atoms with E-state index in [1.165, 1.54) is 41.2 Å². The van der Waals surface area contributed by atoms with Gasteiger partial charge in [0, 0.05) is 12.3 Å². The van der Waals surface area contributed by atoms with Crippen molar-refractivity contribution in [2.45, 2.75) is 13.1 Å². The van der Waals surface area contributed by atoms with Crippen LogP contribution in [0.1, 0.15) is 17.1 Å². The van der Waals surface area contributed by atoms with Crippen LogP contribution in [0.2, 0.25) is 5.02 Å². The van der Waals surface area contributed by atoms with Crippen molar-refractivity contribution >= 4 is 40.8 Å². The summed E-state index contributed by atoms with van der Waals surface area (Å²) in [6.45, 7) is 1.71. The van der Waals surface area contributed by atoms with E-state index >= 15 is 0 Å². The molecule has 0 saturated carbocycles. The molecule has 0 aliphatic carbocycles. The molecule has 4 aromatic rings. The molecule has 0 unspecified atom stereocenters. The first-order chi connectivity index (χ1) is 15.1. The third-order valence-electron chi connectivity index (χ3n) is 4.38. The van der Waals surface area contributed by atoms with Gasteiger partial charge in [-0.25, -0.2) is 19.2 Å². The number of aromatic amines is 1. The van der Waals surface area contributed by atoms with Gasteiger partial charge >= 0.3 is 12.1 Å². The van der Waals surface area contributed by atoms with E-state index in [-0.39, 0.29) is 16.5 Å². The van der Waals surface area contributed by atoms with Gasteiger partial charge in [-0.2, -0.15) is 13.2 Å². The molecule has 0 bridgehead atoms. The Bertz CT molecular complexity index is 1320. The number of imidazole rings is 2. The second kappa shape index (κ2) is 8.12. The Morgan fingerprint density at radius 2 is 2.00 bits per heavy atom. The van der Waals surface area contributed by atoms with E-state index in [0.717, 1.165) is 0 Å². The van der Waals surface area contributed by atoms with E-state index in [0.29, 0.717) is 28.1 Å². The van der Waals surface area contributed by atoms with Gasteiger partial charge in [0.1, 0.15) is 11.6 Å². The average molecular weight is 465 g/mol. The maximum atomic E-state index is 13.6. The van der Waals surface area contributed by atoms with Crippen molar-refractivity contribution in [3.8, 4) is 11.4 Å². The molecular formula is C21H13ClF4N4O2. The number of nitrogens with one attached hydrogen (secondary N) is 1. The SMILES string of the molecule is Cc1cn(-c2ccc(C=Cc3nc4cc(Cl)c(F)cc4[nH]3)cc2OC(=O)C(F)(F)F)cn1. The van der Waals surface area contributed by atoms with Gasteiger partial charge in [0.05, 0.1) is 33.8 Å². The Kier molecular flexibility index (Phi) is 5.47. The molecule has 6 nitrogen and oxygen atoms in total. The van der Waals surface area contributed by atoms with Gasteiger partial charge in [-0.05, 0) is 36.8 Å².